The van der Waals surface area contributed by atoms with Crippen LogP contribution in [0.25, 0.3) is 68.8 Å². The maximum Gasteiger partial charge on any atom is 0.223 e. The lowest BCUT2D eigenvalue weighted by Gasteiger charge is -2.42. The van der Waals surface area contributed by atoms with E-state index in [9.17, 15) is 61.3 Å². The van der Waals surface area contributed by atoms with Gasteiger partial charge in [-0.2, -0.15) is 21.0 Å². The number of sulfonamides is 3. The Bertz CT molecular complexity index is 5680. The van der Waals surface area contributed by atoms with Crippen LogP contribution in [0.1, 0.15) is 126 Å². The summed E-state index contributed by atoms with van der Waals surface area (Å²) in [5, 5.41) is 58.2. The lowest BCUT2D eigenvalue weighted by atomic mass is 9.64. The van der Waals surface area contributed by atoms with Gasteiger partial charge in [0.05, 0.1) is 87.8 Å². The van der Waals surface area contributed by atoms with Gasteiger partial charge in [-0.05, 0) is 181 Å². The molecule has 4 aromatic carbocycles. The summed E-state index contributed by atoms with van der Waals surface area (Å²) in [5.41, 5.74) is 12.9. The van der Waals surface area contributed by atoms with Crippen LogP contribution in [0.2, 0.25) is 0 Å². The number of carbonyl (C=O) groups is 1. The summed E-state index contributed by atoms with van der Waals surface area (Å²) in [5.74, 6) is 4.42. The van der Waals surface area contributed by atoms with Crippen LogP contribution in [0.15, 0.2) is 195 Å². The van der Waals surface area contributed by atoms with Gasteiger partial charge in [-0.3, -0.25) is 24.7 Å². The first kappa shape index (κ1) is 87.3. The van der Waals surface area contributed by atoms with E-state index in [1.54, 1.807) is 43.8 Å². The van der Waals surface area contributed by atoms with Gasteiger partial charge in [0, 0.05) is 119 Å². The molecule has 8 heterocycles. The van der Waals surface area contributed by atoms with Crippen molar-refractivity contribution >= 4 is 60.3 Å². The summed E-state index contributed by atoms with van der Waals surface area (Å²) < 4.78 is 82.3. The summed E-state index contributed by atoms with van der Waals surface area (Å²) in [4.78, 5) is 30.3. The molecule has 4 aromatic heterocycles. The molecule has 5 N–H and O–H groups in total. The van der Waals surface area contributed by atoms with Crippen LogP contribution in [0, 0.1) is 146 Å². The maximum atomic E-state index is 12.9. The summed E-state index contributed by atoms with van der Waals surface area (Å²) in [6.07, 6.45) is 27.0. The molecular weight excluding hydrogens is 1560 g/mol. The van der Waals surface area contributed by atoms with E-state index >= 15 is 0 Å². The zero-order chi connectivity index (χ0) is 85.5. The first-order valence-electron chi connectivity index (χ1n) is 41.6. The van der Waals surface area contributed by atoms with Gasteiger partial charge in [-0.15, -0.1) is 0 Å². The summed E-state index contributed by atoms with van der Waals surface area (Å²) in [6.45, 7) is 18.2. The van der Waals surface area contributed by atoms with Crippen molar-refractivity contribution < 1.29 is 40.3 Å². The standard InChI is InChI=1S/C25H29N3O3S.C24H27N3O3S.C24H25N3O.C23H25N3O2S/c1-16-12-23-25(24(15-29)32(30,31)28(23)3)21(17(16)2)11-10-20-9-8-19(14-27-20)22-7-5-4-6-18(22)13-26;1-15-11-22-24(23(14-28)31(29,30)27-22)20(16(15)2)10-9-19-8-7-18(13-26-19)21-6-4-3-5-17(21)12-25;1-15-11-22-23(14-27-24(22)28)20(16(15)2)10-9-19-8-7-18(13-26-19)21-6-4-3-5-17(21)12-25;1-15-11-23-22(14-26-29(23,27)28)20(16(15)2)10-9-19-8-7-18(13-25-19)21-6-4-3-5-17(21)12-24/h4-11,14,16-17,21,23-25,29H,12,15H2,1-3H3;3-10,13,15-16,20,22-24,27-28H,11,14H2,1-2H3;3-10,13,15-16,20,22-23H,11,14H2,1-2H3,(H,27,28);3-10,13,15-16,20,22-23,26H,11,14H2,1-2H3/b11-10+;3*10-9+/t16-,17+,21-,23+,24+,25-;15-,16+,20-,22+,23+,24-;15-,16+,20-,22+,23-;15-,16+,20-,22-,23+/m0000/s1. The molecule has 24 heteroatoms. The fourth-order valence-corrected chi connectivity index (χ4v) is 25.9. The molecule has 8 aliphatic rings. The third kappa shape index (κ3) is 18.4. The van der Waals surface area contributed by atoms with Gasteiger partial charge >= 0.3 is 0 Å². The number of fused-ring (bicyclic) bond motifs is 4. The fourth-order valence-electron chi connectivity index (χ4n) is 20.1. The number of carbonyl (C=O) groups excluding carboxylic acids is 1. The van der Waals surface area contributed by atoms with Crippen molar-refractivity contribution in [3.8, 4) is 68.8 Å². The number of pyridine rings is 4. The molecule has 4 aliphatic heterocycles. The minimum absolute atomic E-state index is 0.0245. The fraction of sp³-hybridized carbons (Fsp3) is 0.406. The lowest BCUT2D eigenvalue weighted by molar-refractivity contribution is -0.124. The maximum absolute atomic E-state index is 12.9. The molecule has 622 valence electrons. The zero-order valence-corrected chi connectivity index (χ0v) is 71.6. The first-order chi connectivity index (χ1) is 57.6. The highest BCUT2D eigenvalue weighted by atomic mass is 32.2. The van der Waals surface area contributed by atoms with Gasteiger partial charge in [-0.25, -0.2) is 39.0 Å². The smallest absolute Gasteiger partial charge is 0.223 e. The molecule has 21 nitrogen and oxygen atoms in total. The number of hydrogen-bond acceptors (Lipinski definition) is 17. The molecule has 22 atom stereocenters. The van der Waals surface area contributed by atoms with Crippen LogP contribution in [0.3, 0.4) is 0 Å². The van der Waals surface area contributed by atoms with E-state index in [2.05, 4.69) is 145 Å². The highest BCUT2D eigenvalue weighted by molar-refractivity contribution is 7.90. The Hall–Kier alpha value is -10.5. The van der Waals surface area contributed by atoms with Crippen LogP contribution in [-0.2, 0) is 34.9 Å². The van der Waals surface area contributed by atoms with E-state index in [0.29, 0.717) is 88.0 Å². The zero-order valence-electron chi connectivity index (χ0n) is 69.1. The summed E-state index contributed by atoms with van der Waals surface area (Å²) in [7, 11) is -8.54. The van der Waals surface area contributed by atoms with Crippen molar-refractivity contribution in [2.75, 3.05) is 33.4 Å². The molecule has 4 aliphatic carbocycles. The first-order valence-corrected chi connectivity index (χ1v) is 46.2. The van der Waals surface area contributed by atoms with Crippen LogP contribution < -0.4 is 14.8 Å². The molecule has 120 heavy (non-hydrogen) atoms. The van der Waals surface area contributed by atoms with E-state index in [4.69, 9.17) is 0 Å². The van der Waals surface area contributed by atoms with Gasteiger partial charge in [0.2, 0.25) is 36.0 Å². The van der Waals surface area contributed by atoms with Crippen molar-refractivity contribution in [3.63, 3.8) is 0 Å². The SMILES string of the molecule is C[C@H]1[C@H](/C=C/c2ccc(-c3ccccc3C#N)cn2)[C@@H]2CNC(=O)[C@@H]2C[C@@H]1C.C[C@H]1[C@H](/C=C/c2ccc(-c3ccccc3C#N)cn2)[C@@H]2CNS(=O)(=O)[C@@H]2C[C@@H]1C.C[C@H]1[C@H](/C=C/c2ccc(-c3ccccc3C#N)cn2)[C@@H]2[C@@H](CO)S(=O)(=O)N[C@@H]2C[C@@H]1C.C[C@H]1[C@H](/C=C/c2ccc(-c3ccccc3C#N)cn2)[C@H]2[C@@H](C[C@@H]1C)N(C)S(=O)(=O)[C@@H]2CO. The Morgan fingerprint density at radius 3 is 1.18 bits per heavy atom. The minimum Gasteiger partial charge on any atom is -0.395 e. The van der Waals surface area contributed by atoms with Crippen molar-refractivity contribution in [3.05, 3.63) is 240 Å². The van der Waals surface area contributed by atoms with Crippen molar-refractivity contribution in [2.24, 2.45) is 101 Å². The Morgan fingerprint density at radius 1 is 0.433 bits per heavy atom. The second kappa shape index (κ2) is 37.7. The largest absolute Gasteiger partial charge is 0.395 e. The molecular formula is C96H106N12O9S3. The molecule has 0 bridgehead atoms. The van der Waals surface area contributed by atoms with Crippen molar-refractivity contribution in [2.45, 2.75) is 109 Å². The molecule has 8 aromatic rings. The number of benzene rings is 4. The van der Waals surface area contributed by atoms with E-state index < -0.39 is 40.6 Å². The normalized spacial score (nSPS) is 31.0. The molecule has 1 amide bonds. The predicted octanol–water partition coefficient (Wildman–Crippen LogP) is 14.9. The van der Waals surface area contributed by atoms with Gasteiger partial charge in [0.15, 0.2) is 0 Å². The van der Waals surface area contributed by atoms with Gasteiger partial charge in [0.25, 0.3) is 0 Å². The number of hydrogen-bond donors (Lipinski definition) is 5. The molecule has 0 spiro atoms. The monoisotopic (exact) mass is 1670 g/mol. The molecule has 4 saturated heterocycles. The molecule has 4 saturated carbocycles. The highest BCUT2D eigenvalue weighted by Crippen LogP contribution is 2.51. The quantitative estimate of drug-likeness (QED) is 0.0675. The predicted molar refractivity (Wildman–Crippen MR) is 469 cm³/mol. The summed E-state index contributed by atoms with van der Waals surface area (Å²) in [6, 6.07) is 54.2. The Morgan fingerprint density at radius 2 is 0.792 bits per heavy atom. The summed E-state index contributed by atoms with van der Waals surface area (Å²) >= 11 is 0. The third-order valence-corrected chi connectivity index (χ3v) is 33.9. The van der Waals surface area contributed by atoms with Gasteiger partial charge < -0.3 is 15.5 Å². The second-order valence-electron chi connectivity index (χ2n) is 34.2. The topological polar surface area (TPSA) is 346 Å². The van der Waals surface area contributed by atoms with Gasteiger partial charge in [0.1, 0.15) is 10.5 Å². The van der Waals surface area contributed by atoms with Crippen LogP contribution in [0.4, 0.5) is 0 Å². The van der Waals surface area contributed by atoms with Crippen LogP contribution >= 0.6 is 0 Å². The van der Waals surface area contributed by atoms with Crippen molar-refractivity contribution in [1.82, 2.24) is 39.0 Å². The van der Waals surface area contributed by atoms with Crippen molar-refractivity contribution in [1.29, 1.82) is 21.0 Å². The molecule has 0 unspecified atom stereocenters. The average molecular weight is 1670 g/mol. The number of aliphatic hydroxyl groups excluding tert-OH is 2. The number of rotatable bonds is 14. The number of nitrogens with one attached hydrogen (secondary N) is 3. The third-order valence-electron chi connectivity index (χ3n) is 27.8. The van der Waals surface area contributed by atoms with E-state index in [-0.39, 0.29) is 77.9 Å². The minimum atomic E-state index is -3.50. The van der Waals surface area contributed by atoms with Crippen LogP contribution in [-0.4, -0.2) is 127 Å². The van der Waals surface area contributed by atoms with Gasteiger partial charge in [-0.1, -0.05) is 177 Å². The molecule has 0 radical (unpaired) electrons. The van der Waals surface area contributed by atoms with E-state index in [1.165, 1.54) is 4.31 Å². The van der Waals surface area contributed by atoms with E-state index in [0.717, 1.165) is 99.5 Å². The molecule has 8 fully saturated rings. The Kier molecular flexibility index (Phi) is 27.4. The second-order valence-corrected chi connectivity index (χ2v) is 40.3. The average Bonchev–Trinajstić information content (AvgIpc) is 1.58. The number of aliphatic hydroxyl groups is 2. The number of amides is 1. The highest BCUT2D eigenvalue weighted by Gasteiger charge is 2.58. The van der Waals surface area contributed by atoms with E-state index in [1.807, 2.05) is 152 Å². The lowest BCUT2D eigenvalue weighted by Crippen LogP contribution is -2.45. The number of nitriles is 4. The Balaban J connectivity index is 0.000000138. The number of nitrogens with zero attached hydrogens (tertiary/aromatic N) is 9. The van der Waals surface area contributed by atoms with Crippen LogP contribution in [0.5, 0.6) is 0 Å². The Labute approximate surface area is 707 Å². The number of aromatic nitrogens is 4. The molecule has 16 rings (SSSR count). The number of allylic oxidation sites excluding steroid dienone is 4.